The van der Waals surface area contributed by atoms with Crippen molar-refractivity contribution in [1.29, 1.82) is 0 Å². The fourth-order valence-corrected chi connectivity index (χ4v) is 3.26. The normalized spacial score (nSPS) is 15.6. The molecule has 0 N–H and O–H groups in total. The Bertz CT molecular complexity index is 813. The first-order chi connectivity index (χ1) is 11.8. The zero-order valence-electron chi connectivity index (χ0n) is 13.1. The van der Waals surface area contributed by atoms with E-state index < -0.39 is 0 Å². The van der Waals surface area contributed by atoms with E-state index >= 15 is 0 Å². The number of benzene rings is 1. The largest absolute Gasteiger partial charge is 0.403 e. The van der Waals surface area contributed by atoms with E-state index in [1.165, 1.54) is 5.69 Å². The number of rotatable bonds is 3. The van der Waals surface area contributed by atoms with Gasteiger partial charge in [-0.05, 0) is 43.2 Å². The van der Waals surface area contributed by atoms with E-state index in [4.69, 9.17) is 16.0 Å². The molecule has 0 aliphatic carbocycles. The highest BCUT2D eigenvalue weighted by atomic mass is 35.5. The number of aromatic nitrogens is 3. The quantitative estimate of drug-likeness (QED) is 0.716. The van der Waals surface area contributed by atoms with E-state index in [-0.39, 0.29) is 0 Å². The second-order valence-electron chi connectivity index (χ2n) is 5.92. The van der Waals surface area contributed by atoms with Crippen LogP contribution in [0.4, 0.5) is 6.01 Å². The molecule has 0 radical (unpaired) electrons. The number of hydrogen-bond acceptors (Lipinski definition) is 5. The van der Waals surface area contributed by atoms with Crippen LogP contribution < -0.4 is 4.90 Å². The number of piperidine rings is 1. The van der Waals surface area contributed by atoms with Gasteiger partial charge in [0.1, 0.15) is 0 Å². The van der Waals surface area contributed by atoms with Gasteiger partial charge in [0.25, 0.3) is 0 Å². The molecule has 2 aromatic heterocycles. The molecule has 1 aromatic carbocycles. The first kappa shape index (κ1) is 15.1. The van der Waals surface area contributed by atoms with Crippen LogP contribution in [0, 0.1) is 0 Å². The minimum absolute atomic E-state index is 0.498. The molecule has 0 amide bonds. The summed E-state index contributed by atoms with van der Waals surface area (Å²) in [6.07, 6.45) is 3.93. The second kappa shape index (κ2) is 6.61. The third kappa shape index (κ3) is 3.12. The molecule has 0 saturated carbocycles. The maximum absolute atomic E-state index is 6.02. The van der Waals surface area contributed by atoms with Crippen LogP contribution in [0.3, 0.4) is 0 Å². The highest BCUT2D eigenvalue weighted by molar-refractivity contribution is 6.30. The molecule has 24 heavy (non-hydrogen) atoms. The van der Waals surface area contributed by atoms with Crippen molar-refractivity contribution in [3.8, 4) is 11.5 Å². The third-order valence-corrected chi connectivity index (χ3v) is 4.59. The number of anilines is 1. The lowest BCUT2D eigenvalue weighted by atomic mass is 9.93. The van der Waals surface area contributed by atoms with Crippen LogP contribution in [0.5, 0.6) is 0 Å². The van der Waals surface area contributed by atoms with Crippen LogP contribution in [0.25, 0.3) is 11.5 Å². The number of pyridine rings is 1. The molecule has 122 valence electrons. The molecular weight excluding hydrogens is 324 g/mol. The standard InChI is InChI=1S/C18H17ClN4O/c19-15-5-3-4-14(12-15)17-21-22-18(24-17)23-10-7-13(8-11-23)16-6-1-2-9-20-16/h1-6,9,12-13H,7-8,10-11H2. The van der Waals surface area contributed by atoms with E-state index in [0.29, 0.717) is 22.8 Å². The van der Waals surface area contributed by atoms with Crippen molar-refractivity contribution < 1.29 is 4.42 Å². The minimum Gasteiger partial charge on any atom is -0.403 e. The maximum Gasteiger partial charge on any atom is 0.318 e. The first-order valence-corrected chi connectivity index (χ1v) is 8.43. The monoisotopic (exact) mass is 340 g/mol. The summed E-state index contributed by atoms with van der Waals surface area (Å²) in [6, 6.07) is 14.1. The molecule has 1 aliphatic rings. The van der Waals surface area contributed by atoms with Gasteiger partial charge in [0.15, 0.2) is 0 Å². The summed E-state index contributed by atoms with van der Waals surface area (Å²) in [5.74, 6) is 0.997. The summed E-state index contributed by atoms with van der Waals surface area (Å²) < 4.78 is 5.83. The summed E-state index contributed by atoms with van der Waals surface area (Å²) in [5.41, 5.74) is 2.01. The van der Waals surface area contributed by atoms with E-state index in [9.17, 15) is 0 Å². The smallest absolute Gasteiger partial charge is 0.318 e. The fourth-order valence-electron chi connectivity index (χ4n) is 3.07. The molecular formula is C18H17ClN4O. The van der Waals surface area contributed by atoms with Crippen molar-refractivity contribution in [2.45, 2.75) is 18.8 Å². The van der Waals surface area contributed by atoms with Crippen LogP contribution >= 0.6 is 11.6 Å². The lowest BCUT2D eigenvalue weighted by Gasteiger charge is -2.30. The predicted molar refractivity (Wildman–Crippen MR) is 93.2 cm³/mol. The van der Waals surface area contributed by atoms with Crippen LogP contribution in [0.2, 0.25) is 5.02 Å². The fraction of sp³-hybridized carbons (Fsp3) is 0.278. The van der Waals surface area contributed by atoms with Crippen molar-refractivity contribution in [2.24, 2.45) is 0 Å². The minimum atomic E-state index is 0.498. The molecule has 3 heterocycles. The van der Waals surface area contributed by atoms with E-state index in [1.54, 1.807) is 0 Å². The topological polar surface area (TPSA) is 55.1 Å². The molecule has 0 atom stereocenters. The molecule has 0 spiro atoms. The van der Waals surface area contributed by atoms with Crippen molar-refractivity contribution >= 4 is 17.6 Å². The van der Waals surface area contributed by atoms with E-state index in [2.05, 4.69) is 26.1 Å². The summed E-state index contributed by atoms with van der Waals surface area (Å²) in [6.45, 7) is 1.77. The van der Waals surface area contributed by atoms with Gasteiger partial charge in [-0.2, -0.15) is 0 Å². The van der Waals surface area contributed by atoms with Crippen molar-refractivity contribution in [3.05, 3.63) is 59.4 Å². The Morgan fingerprint density at radius 2 is 1.92 bits per heavy atom. The summed E-state index contributed by atoms with van der Waals surface area (Å²) >= 11 is 6.02. The van der Waals surface area contributed by atoms with Gasteiger partial charge in [-0.15, -0.1) is 5.10 Å². The lowest BCUT2D eigenvalue weighted by molar-refractivity contribution is 0.457. The summed E-state index contributed by atoms with van der Waals surface area (Å²) in [5, 5.41) is 9.00. The molecule has 5 nitrogen and oxygen atoms in total. The Labute approximate surface area is 145 Å². The Morgan fingerprint density at radius 3 is 2.67 bits per heavy atom. The second-order valence-corrected chi connectivity index (χ2v) is 6.35. The van der Waals surface area contributed by atoms with Crippen molar-refractivity contribution in [1.82, 2.24) is 15.2 Å². The first-order valence-electron chi connectivity index (χ1n) is 8.05. The Hall–Kier alpha value is -2.40. The van der Waals surface area contributed by atoms with Gasteiger partial charge in [0, 0.05) is 41.5 Å². The Kier molecular flexibility index (Phi) is 4.17. The van der Waals surface area contributed by atoms with Crippen molar-refractivity contribution in [2.75, 3.05) is 18.0 Å². The average Bonchev–Trinajstić information content (AvgIpc) is 3.13. The van der Waals surface area contributed by atoms with Gasteiger partial charge in [0.2, 0.25) is 5.89 Å². The molecule has 3 aromatic rings. The van der Waals surface area contributed by atoms with E-state index in [1.807, 2.05) is 42.6 Å². The highest BCUT2D eigenvalue weighted by Gasteiger charge is 2.24. The molecule has 0 unspecified atom stereocenters. The van der Waals surface area contributed by atoms with Gasteiger partial charge >= 0.3 is 6.01 Å². The zero-order chi connectivity index (χ0) is 16.4. The van der Waals surface area contributed by atoms with Gasteiger partial charge < -0.3 is 9.32 Å². The number of nitrogens with zero attached hydrogens (tertiary/aromatic N) is 4. The predicted octanol–water partition coefficient (Wildman–Crippen LogP) is 4.17. The van der Waals surface area contributed by atoms with Gasteiger partial charge in [-0.3, -0.25) is 4.98 Å². The van der Waals surface area contributed by atoms with E-state index in [0.717, 1.165) is 31.5 Å². The van der Waals surface area contributed by atoms with Crippen molar-refractivity contribution in [3.63, 3.8) is 0 Å². The number of hydrogen-bond donors (Lipinski definition) is 0. The lowest BCUT2D eigenvalue weighted by Crippen LogP contribution is -2.33. The molecule has 6 heteroatoms. The SMILES string of the molecule is Clc1cccc(-c2nnc(N3CCC(c4ccccn4)CC3)o2)c1. The maximum atomic E-state index is 6.02. The summed E-state index contributed by atoms with van der Waals surface area (Å²) in [4.78, 5) is 6.61. The average molecular weight is 341 g/mol. The molecule has 1 aliphatic heterocycles. The van der Waals surface area contributed by atoms with Crippen LogP contribution in [0.15, 0.2) is 53.1 Å². The van der Waals surface area contributed by atoms with Gasteiger partial charge in [0.05, 0.1) is 0 Å². The molecule has 1 fully saturated rings. The van der Waals surface area contributed by atoms with Crippen LogP contribution in [-0.4, -0.2) is 28.3 Å². The summed E-state index contributed by atoms with van der Waals surface area (Å²) in [7, 11) is 0. The number of halogens is 1. The highest BCUT2D eigenvalue weighted by Crippen LogP contribution is 2.30. The molecule has 1 saturated heterocycles. The Morgan fingerprint density at radius 1 is 1.04 bits per heavy atom. The zero-order valence-corrected chi connectivity index (χ0v) is 13.9. The molecule has 0 bridgehead atoms. The van der Waals surface area contributed by atoms with Gasteiger partial charge in [-0.25, -0.2) is 0 Å². The molecule has 4 rings (SSSR count). The van der Waals surface area contributed by atoms with Crippen LogP contribution in [0.1, 0.15) is 24.5 Å². The Balaban J connectivity index is 1.45. The van der Waals surface area contributed by atoms with Crippen LogP contribution in [-0.2, 0) is 0 Å². The third-order valence-electron chi connectivity index (χ3n) is 4.36. The van der Waals surface area contributed by atoms with Gasteiger partial charge in [-0.1, -0.05) is 28.8 Å².